The molecule has 1 aliphatic rings. The van der Waals surface area contributed by atoms with E-state index in [9.17, 15) is 18.0 Å². The molecule has 0 bridgehead atoms. The van der Waals surface area contributed by atoms with Gasteiger partial charge >= 0.3 is 0 Å². The Bertz CT molecular complexity index is 1250. The van der Waals surface area contributed by atoms with Crippen LogP contribution in [0.3, 0.4) is 0 Å². The van der Waals surface area contributed by atoms with Crippen molar-refractivity contribution in [3.8, 4) is 0 Å². The third kappa shape index (κ3) is 3.65. The number of nitrogens with zero attached hydrogens (tertiary/aromatic N) is 1. The molecule has 1 aliphatic heterocycles. The van der Waals surface area contributed by atoms with Gasteiger partial charge in [0.1, 0.15) is 0 Å². The Labute approximate surface area is 174 Å². The summed E-state index contributed by atoms with van der Waals surface area (Å²) >= 11 is 0. The molecule has 3 aromatic carbocycles. The number of amides is 2. The van der Waals surface area contributed by atoms with Gasteiger partial charge in [0.05, 0.1) is 10.6 Å². The van der Waals surface area contributed by atoms with Crippen LogP contribution in [-0.4, -0.2) is 26.8 Å². The summed E-state index contributed by atoms with van der Waals surface area (Å²) in [4.78, 5) is 24.0. The van der Waals surface area contributed by atoms with Gasteiger partial charge in [0.2, 0.25) is 5.91 Å². The molecule has 0 saturated heterocycles. The fourth-order valence-electron chi connectivity index (χ4n) is 3.44. The minimum Gasteiger partial charge on any atom is -0.366 e. The van der Waals surface area contributed by atoms with Crippen LogP contribution in [0.2, 0.25) is 0 Å². The van der Waals surface area contributed by atoms with E-state index in [0.29, 0.717) is 24.3 Å². The second-order valence-corrected chi connectivity index (χ2v) is 8.75. The van der Waals surface area contributed by atoms with Gasteiger partial charge in [0, 0.05) is 23.4 Å². The molecule has 1 heterocycles. The van der Waals surface area contributed by atoms with Gasteiger partial charge in [-0.25, -0.2) is 8.42 Å². The van der Waals surface area contributed by atoms with Crippen molar-refractivity contribution in [1.82, 2.24) is 0 Å². The summed E-state index contributed by atoms with van der Waals surface area (Å²) < 4.78 is 27.8. The number of benzene rings is 3. The van der Waals surface area contributed by atoms with Gasteiger partial charge in [-0.2, -0.15) is 0 Å². The standard InChI is InChI=1S/C22H19N3O4S/c23-21(26)16-6-3-8-18(13-16)24-22(27)17-7-4-9-19(14-17)30(28,29)25-12-11-15-5-1-2-10-20(15)25/h1-10,13-14H,11-12H2,(H2,23,26)(H,24,27). The van der Waals surface area contributed by atoms with E-state index in [1.165, 1.54) is 34.6 Å². The number of primary amides is 1. The number of fused-ring (bicyclic) bond motifs is 1. The van der Waals surface area contributed by atoms with Crippen molar-refractivity contribution in [1.29, 1.82) is 0 Å². The molecule has 3 N–H and O–H groups in total. The van der Waals surface area contributed by atoms with Gasteiger partial charge in [0.15, 0.2) is 0 Å². The third-order valence-corrected chi connectivity index (χ3v) is 6.74. The molecule has 0 radical (unpaired) electrons. The molecule has 2 amide bonds. The monoisotopic (exact) mass is 421 g/mol. The maximum atomic E-state index is 13.2. The molecule has 3 aromatic rings. The summed E-state index contributed by atoms with van der Waals surface area (Å²) in [5.74, 6) is -1.10. The Morgan fingerprint density at radius 2 is 1.63 bits per heavy atom. The summed E-state index contributed by atoms with van der Waals surface area (Å²) in [5.41, 5.74) is 7.74. The van der Waals surface area contributed by atoms with Crippen molar-refractivity contribution >= 4 is 33.2 Å². The van der Waals surface area contributed by atoms with Gasteiger partial charge in [-0.3, -0.25) is 13.9 Å². The second kappa shape index (κ2) is 7.64. The van der Waals surface area contributed by atoms with Crippen LogP contribution in [0.1, 0.15) is 26.3 Å². The minimum absolute atomic E-state index is 0.0396. The summed E-state index contributed by atoms with van der Waals surface area (Å²) in [6.07, 6.45) is 0.645. The van der Waals surface area contributed by atoms with E-state index < -0.39 is 21.8 Å². The van der Waals surface area contributed by atoms with Crippen LogP contribution in [0.15, 0.2) is 77.7 Å². The average molecular weight is 421 g/mol. The molecule has 152 valence electrons. The molecule has 0 aliphatic carbocycles. The lowest BCUT2D eigenvalue weighted by Gasteiger charge is -2.20. The van der Waals surface area contributed by atoms with Crippen LogP contribution in [0, 0.1) is 0 Å². The van der Waals surface area contributed by atoms with Crippen molar-refractivity contribution in [2.75, 3.05) is 16.2 Å². The quantitative estimate of drug-likeness (QED) is 0.660. The number of carbonyl (C=O) groups excluding carboxylic acids is 2. The highest BCUT2D eigenvalue weighted by Gasteiger charge is 2.30. The Morgan fingerprint density at radius 3 is 2.43 bits per heavy atom. The zero-order valence-electron chi connectivity index (χ0n) is 15.9. The molecule has 0 unspecified atom stereocenters. The molecule has 8 heteroatoms. The van der Waals surface area contributed by atoms with Crippen molar-refractivity contribution in [3.63, 3.8) is 0 Å². The van der Waals surface area contributed by atoms with Gasteiger partial charge in [-0.15, -0.1) is 0 Å². The maximum Gasteiger partial charge on any atom is 0.264 e. The fraction of sp³-hybridized carbons (Fsp3) is 0.0909. The molecule has 30 heavy (non-hydrogen) atoms. The molecule has 7 nitrogen and oxygen atoms in total. The number of sulfonamides is 1. The molecular weight excluding hydrogens is 402 g/mol. The Hall–Kier alpha value is -3.65. The number of carbonyl (C=O) groups is 2. The Morgan fingerprint density at radius 1 is 0.900 bits per heavy atom. The van der Waals surface area contributed by atoms with E-state index in [4.69, 9.17) is 5.73 Å². The van der Waals surface area contributed by atoms with Crippen LogP contribution in [0.5, 0.6) is 0 Å². The average Bonchev–Trinajstić information content (AvgIpc) is 3.19. The first-order valence-corrected chi connectivity index (χ1v) is 10.7. The van der Waals surface area contributed by atoms with Crippen molar-refractivity contribution in [2.45, 2.75) is 11.3 Å². The number of rotatable bonds is 5. The first-order chi connectivity index (χ1) is 14.4. The molecule has 0 spiro atoms. The topological polar surface area (TPSA) is 110 Å². The van der Waals surface area contributed by atoms with Crippen molar-refractivity contribution < 1.29 is 18.0 Å². The van der Waals surface area contributed by atoms with E-state index in [1.807, 2.05) is 12.1 Å². The van der Waals surface area contributed by atoms with Crippen LogP contribution >= 0.6 is 0 Å². The van der Waals surface area contributed by atoms with E-state index in [-0.39, 0.29) is 16.0 Å². The lowest BCUT2D eigenvalue weighted by Crippen LogP contribution is -2.29. The summed E-state index contributed by atoms with van der Waals surface area (Å²) in [5, 5.41) is 2.66. The number of hydrogen-bond acceptors (Lipinski definition) is 4. The van der Waals surface area contributed by atoms with Crippen LogP contribution in [0.25, 0.3) is 0 Å². The van der Waals surface area contributed by atoms with E-state index in [1.54, 1.807) is 30.3 Å². The van der Waals surface area contributed by atoms with Gasteiger partial charge < -0.3 is 11.1 Å². The predicted molar refractivity (Wildman–Crippen MR) is 114 cm³/mol. The second-order valence-electron chi connectivity index (χ2n) is 6.88. The summed E-state index contributed by atoms with van der Waals surface area (Å²) in [6.45, 7) is 0.359. The minimum atomic E-state index is -3.81. The highest BCUT2D eigenvalue weighted by molar-refractivity contribution is 7.92. The first-order valence-electron chi connectivity index (χ1n) is 9.28. The van der Waals surface area contributed by atoms with E-state index in [0.717, 1.165) is 5.56 Å². The highest BCUT2D eigenvalue weighted by Crippen LogP contribution is 2.32. The molecular formula is C22H19N3O4S. The van der Waals surface area contributed by atoms with Gasteiger partial charge in [0.25, 0.3) is 15.9 Å². The lowest BCUT2D eigenvalue weighted by molar-refractivity contribution is 0.0996. The maximum absolute atomic E-state index is 13.2. The van der Waals surface area contributed by atoms with Crippen LogP contribution in [-0.2, 0) is 16.4 Å². The SMILES string of the molecule is NC(=O)c1cccc(NC(=O)c2cccc(S(=O)(=O)N3CCc4ccccc43)c2)c1. The van der Waals surface area contributed by atoms with Gasteiger partial charge in [-0.05, 0) is 54.4 Å². The smallest absolute Gasteiger partial charge is 0.264 e. The van der Waals surface area contributed by atoms with Crippen LogP contribution < -0.4 is 15.4 Å². The number of para-hydroxylation sites is 1. The summed E-state index contributed by atoms with van der Waals surface area (Å²) in [7, 11) is -3.81. The highest BCUT2D eigenvalue weighted by atomic mass is 32.2. The zero-order chi connectivity index (χ0) is 21.3. The zero-order valence-corrected chi connectivity index (χ0v) is 16.7. The van der Waals surface area contributed by atoms with Crippen molar-refractivity contribution in [2.24, 2.45) is 5.73 Å². The fourth-order valence-corrected chi connectivity index (χ4v) is 4.99. The van der Waals surface area contributed by atoms with E-state index >= 15 is 0 Å². The first kappa shape index (κ1) is 19.7. The van der Waals surface area contributed by atoms with Crippen LogP contribution in [0.4, 0.5) is 11.4 Å². The largest absolute Gasteiger partial charge is 0.366 e. The molecule has 0 atom stereocenters. The lowest BCUT2D eigenvalue weighted by atomic mass is 10.1. The number of nitrogens with one attached hydrogen (secondary N) is 1. The Kier molecular flexibility index (Phi) is 5.01. The molecule has 4 rings (SSSR count). The van der Waals surface area contributed by atoms with Crippen molar-refractivity contribution in [3.05, 3.63) is 89.5 Å². The predicted octanol–water partition coefficient (Wildman–Crippen LogP) is 2.79. The molecule has 0 fully saturated rings. The third-order valence-electron chi connectivity index (χ3n) is 4.93. The summed E-state index contributed by atoms with van der Waals surface area (Å²) in [6, 6.07) is 19.5. The Balaban J connectivity index is 1.60. The van der Waals surface area contributed by atoms with Gasteiger partial charge in [-0.1, -0.05) is 30.3 Å². The number of hydrogen-bond donors (Lipinski definition) is 2. The number of nitrogens with two attached hydrogens (primary N) is 1. The molecule has 0 aromatic heterocycles. The number of anilines is 2. The normalized spacial score (nSPS) is 13.0. The molecule has 0 saturated carbocycles. The van der Waals surface area contributed by atoms with E-state index in [2.05, 4.69) is 5.32 Å².